The maximum absolute atomic E-state index is 13.0. The molecule has 110 valence electrons. The lowest BCUT2D eigenvalue weighted by molar-refractivity contribution is -0.137. The Labute approximate surface area is 123 Å². The van der Waals surface area contributed by atoms with Gasteiger partial charge in [-0.15, -0.1) is 0 Å². The largest absolute Gasteiger partial charge is 0.384 e. The Morgan fingerprint density at radius 3 is 2.95 bits per heavy atom. The van der Waals surface area contributed by atoms with Gasteiger partial charge in [-0.3, -0.25) is 9.59 Å². The second-order valence-corrected chi connectivity index (χ2v) is 6.11. The Morgan fingerprint density at radius 1 is 1.19 bits per heavy atom. The standard InChI is InChI=1S/C16H19N3O2/c20-15-11-5-3-7-19(14(11)9-18-15)16(21)12-8-17-13-6-2-1-4-10(12)13/h1-2,4,6,11-12,14,17H,3,5,7-9H2,(H,18,20). The first kappa shape index (κ1) is 12.7. The molecule has 1 aromatic carbocycles. The first-order chi connectivity index (χ1) is 10.3. The first-order valence-corrected chi connectivity index (χ1v) is 7.66. The second kappa shape index (κ2) is 4.76. The van der Waals surface area contributed by atoms with Crippen LogP contribution in [0.3, 0.4) is 0 Å². The molecule has 3 unspecified atom stereocenters. The second-order valence-electron chi connectivity index (χ2n) is 6.11. The molecule has 2 N–H and O–H groups in total. The monoisotopic (exact) mass is 285 g/mol. The van der Waals surface area contributed by atoms with Crippen molar-refractivity contribution in [2.75, 3.05) is 25.0 Å². The van der Waals surface area contributed by atoms with Gasteiger partial charge < -0.3 is 15.5 Å². The Bertz CT molecular complexity index is 601. The van der Waals surface area contributed by atoms with Gasteiger partial charge in [0.05, 0.1) is 17.9 Å². The number of hydrogen-bond acceptors (Lipinski definition) is 3. The van der Waals surface area contributed by atoms with E-state index in [0.29, 0.717) is 13.1 Å². The summed E-state index contributed by atoms with van der Waals surface area (Å²) in [7, 11) is 0. The van der Waals surface area contributed by atoms with Crippen molar-refractivity contribution < 1.29 is 9.59 Å². The summed E-state index contributed by atoms with van der Waals surface area (Å²) in [6, 6.07) is 8.05. The van der Waals surface area contributed by atoms with Gasteiger partial charge in [-0.1, -0.05) is 18.2 Å². The van der Waals surface area contributed by atoms with Crippen molar-refractivity contribution in [3.05, 3.63) is 29.8 Å². The Hall–Kier alpha value is -2.04. The number of anilines is 1. The number of carbonyl (C=O) groups is 2. The Morgan fingerprint density at radius 2 is 2.05 bits per heavy atom. The molecular formula is C16H19N3O2. The van der Waals surface area contributed by atoms with Crippen LogP contribution in [0.15, 0.2) is 24.3 Å². The minimum Gasteiger partial charge on any atom is -0.384 e. The quantitative estimate of drug-likeness (QED) is 0.807. The molecule has 0 aromatic heterocycles. The number of benzene rings is 1. The molecule has 3 heterocycles. The topological polar surface area (TPSA) is 61.4 Å². The van der Waals surface area contributed by atoms with Gasteiger partial charge in [0.2, 0.25) is 11.8 Å². The molecule has 5 heteroatoms. The van der Waals surface area contributed by atoms with Gasteiger partial charge >= 0.3 is 0 Å². The molecule has 0 bridgehead atoms. The van der Waals surface area contributed by atoms with Crippen LogP contribution in [0.1, 0.15) is 24.3 Å². The summed E-state index contributed by atoms with van der Waals surface area (Å²) in [5, 5.41) is 6.22. The van der Waals surface area contributed by atoms with E-state index in [1.165, 1.54) is 0 Å². The summed E-state index contributed by atoms with van der Waals surface area (Å²) in [5.74, 6) is 0.157. The predicted molar refractivity (Wildman–Crippen MR) is 78.9 cm³/mol. The van der Waals surface area contributed by atoms with Crippen LogP contribution in [0.4, 0.5) is 5.69 Å². The summed E-state index contributed by atoms with van der Waals surface area (Å²) in [5.41, 5.74) is 2.15. The third kappa shape index (κ3) is 1.91. The van der Waals surface area contributed by atoms with Gasteiger partial charge in [-0.05, 0) is 24.5 Å². The van der Waals surface area contributed by atoms with Crippen LogP contribution in [0.2, 0.25) is 0 Å². The molecule has 3 aliphatic rings. The molecule has 2 saturated heterocycles. The maximum Gasteiger partial charge on any atom is 0.232 e. The number of carbonyl (C=O) groups excluding carboxylic acids is 2. The molecule has 3 aliphatic heterocycles. The predicted octanol–water partition coefficient (Wildman–Crippen LogP) is 0.933. The van der Waals surface area contributed by atoms with E-state index in [2.05, 4.69) is 10.6 Å². The molecule has 2 amide bonds. The highest BCUT2D eigenvalue weighted by molar-refractivity contribution is 5.90. The molecule has 0 spiro atoms. The lowest BCUT2D eigenvalue weighted by atomic mass is 9.89. The molecule has 0 radical (unpaired) electrons. The number of nitrogens with zero attached hydrogens (tertiary/aromatic N) is 1. The number of nitrogens with one attached hydrogen (secondary N) is 2. The minimum atomic E-state index is -0.115. The molecule has 1 aromatic rings. The van der Waals surface area contributed by atoms with Crippen molar-refractivity contribution in [1.82, 2.24) is 10.2 Å². The molecule has 0 saturated carbocycles. The zero-order chi connectivity index (χ0) is 14.4. The number of hydrogen-bond donors (Lipinski definition) is 2. The van der Waals surface area contributed by atoms with Crippen molar-refractivity contribution in [3.8, 4) is 0 Å². The molecule has 4 rings (SSSR count). The van der Waals surface area contributed by atoms with Gasteiger partial charge in [-0.2, -0.15) is 0 Å². The maximum atomic E-state index is 13.0. The van der Waals surface area contributed by atoms with E-state index in [4.69, 9.17) is 0 Å². The summed E-state index contributed by atoms with van der Waals surface area (Å²) in [6.07, 6.45) is 1.82. The number of para-hydroxylation sites is 1. The van der Waals surface area contributed by atoms with Crippen LogP contribution in [0.25, 0.3) is 0 Å². The fourth-order valence-corrected chi connectivity index (χ4v) is 3.93. The number of rotatable bonds is 1. The highest BCUT2D eigenvalue weighted by Crippen LogP contribution is 2.35. The third-order valence-electron chi connectivity index (χ3n) is 5.02. The van der Waals surface area contributed by atoms with Crippen LogP contribution >= 0.6 is 0 Å². The van der Waals surface area contributed by atoms with Crippen LogP contribution < -0.4 is 10.6 Å². The van der Waals surface area contributed by atoms with Crippen LogP contribution in [0, 0.1) is 5.92 Å². The summed E-state index contributed by atoms with van der Waals surface area (Å²) < 4.78 is 0. The average Bonchev–Trinajstić information content (AvgIpc) is 3.11. The lowest BCUT2D eigenvalue weighted by Gasteiger charge is -2.37. The van der Waals surface area contributed by atoms with E-state index in [-0.39, 0.29) is 29.7 Å². The molecule has 2 fully saturated rings. The van der Waals surface area contributed by atoms with Crippen molar-refractivity contribution in [2.24, 2.45) is 5.92 Å². The van der Waals surface area contributed by atoms with Gasteiger partial charge in [0.1, 0.15) is 0 Å². The highest BCUT2D eigenvalue weighted by atomic mass is 16.2. The summed E-state index contributed by atoms with van der Waals surface area (Å²) in [6.45, 7) is 2.04. The SMILES string of the molecule is O=C1NCC2C1CCCN2C(=O)C1CNc2ccccc21. The summed E-state index contributed by atoms with van der Waals surface area (Å²) in [4.78, 5) is 26.7. The molecule has 21 heavy (non-hydrogen) atoms. The number of amides is 2. The zero-order valence-corrected chi connectivity index (χ0v) is 11.8. The molecule has 0 aliphatic carbocycles. The fraction of sp³-hybridized carbons (Fsp3) is 0.500. The normalized spacial score (nSPS) is 30.4. The number of piperidine rings is 1. The number of fused-ring (bicyclic) bond motifs is 2. The molecule has 5 nitrogen and oxygen atoms in total. The van der Waals surface area contributed by atoms with Crippen LogP contribution in [0.5, 0.6) is 0 Å². The van der Waals surface area contributed by atoms with Crippen molar-refractivity contribution >= 4 is 17.5 Å². The van der Waals surface area contributed by atoms with Gasteiger partial charge in [0.25, 0.3) is 0 Å². The summed E-state index contributed by atoms with van der Waals surface area (Å²) >= 11 is 0. The minimum absolute atomic E-state index is 0.00712. The van der Waals surface area contributed by atoms with E-state index in [1.807, 2.05) is 29.2 Å². The highest BCUT2D eigenvalue weighted by Gasteiger charge is 2.44. The van der Waals surface area contributed by atoms with Gasteiger partial charge in [0, 0.05) is 25.3 Å². The van der Waals surface area contributed by atoms with Crippen LogP contribution in [-0.2, 0) is 9.59 Å². The van der Waals surface area contributed by atoms with Crippen molar-refractivity contribution in [2.45, 2.75) is 24.8 Å². The molecule has 3 atom stereocenters. The van der Waals surface area contributed by atoms with E-state index in [1.54, 1.807) is 0 Å². The van der Waals surface area contributed by atoms with Gasteiger partial charge in [-0.25, -0.2) is 0 Å². The number of likely N-dealkylation sites (tertiary alicyclic amines) is 1. The average molecular weight is 285 g/mol. The Kier molecular flexibility index (Phi) is 2.87. The Balaban J connectivity index is 1.59. The lowest BCUT2D eigenvalue weighted by Crippen LogP contribution is -2.50. The molecular weight excluding hydrogens is 266 g/mol. The van der Waals surface area contributed by atoms with Crippen molar-refractivity contribution in [3.63, 3.8) is 0 Å². The first-order valence-electron chi connectivity index (χ1n) is 7.66. The van der Waals surface area contributed by atoms with E-state index in [0.717, 1.165) is 30.6 Å². The smallest absolute Gasteiger partial charge is 0.232 e. The van der Waals surface area contributed by atoms with Gasteiger partial charge in [0.15, 0.2) is 0 Å². The van der Waals surface area contributed by atoms with Crippen molar-refractivity contribution in [1.29, 1.82) is 0 Å². The van der Waals surface area contributed by atoms with E-state index < -0.39 is 0 Å². The van der Waals surface area contributed by atoms with E-state index in [9.17, 15) is 9.59 Å². The van der Waals surface area contributed by atoms with Crippen LogP contribution in [-0.4, -0.2) is 42.4 Å². The third-order valence-corrected chi connectivity index (χ3v) is 5.02. The fourth-order valence-electron chi connectivity index (χ4n) is 3.93. The van der Waals surface area contributed by atoms with E-state index >= 15 is 0 Å². The zero-order valence-electron chi connectivity index (χ0n) is 11.8.